The second-order valence-electron chi connectivity index (χ2n) is 4.84. The van der Waals surface area contributed by atoms with E-state index in [1.807, 2.05) is 42.5 Å². The summed E-state index contributed by atoms with van der Waals surface area (Å²) in [6.07, 6.45) is 0. The van der Waals surface area contributed by atoms with Crippen molar-refractivity contribution in [2.75, 3.05) is 5.32 Å². The molecule has 0 bridgehead atoms. The SMILES string of the molecule is N#CC(C#N)=C1N=C(c2ccccc2)N=C1Nc1ccc(Cl)cc1. The molecule has 0 saturated carbocycles. The highest BCUT2D eigenvalue weighted by Gasteiger charge is 2.22. The molecule has 1 N–H and O–H groups in total. The molecule has 3 rings (SSSR count). The van der Waals surface area contributed by atoms with E-state index in [9.17, 15) is 0 Å². The van der Waals surface area contributed by atoms with Crippen LogP contribution in [0, 0.1) is 22.7 Å². The number of nitrogens with zero attached hydrogens (tertiary/aromatic N) is 4. The molecule has 24 heavy (non-hydrogen) atoms. The van der Waals surface area contributed by atoms with Gasteiger partial charge < -0.3 is 5.32 Å². The number of benzene rings is 2. The fourth-order valence-electron chi connectivity index (χ4n) is 2.12. The van der Waals surface area contributed by atoms with Gasteiger partial charge in [0.15, 0.2) is 17.2 Å². The minimum absolute atomic E-state index is 0.0962. The summed E-state index contributed by atoms with van der Waals surface area (Å²) in [6.45, 7) is 0. The van der Waals surface area contributed by atoms with Gasteiger partial charge in [0.2, 0.25) is 0 Å². The lowest BCUT2D eigenvalue weighted by molar-refractivity contribution is 1.38. The number of hydrogen-bond acceptors (Lipinski definition) is 5. The first-order valence-corrected chi connectivity index (χ1v) is 7.39. The highest BCUT2D eigenvalue weighted by Crippen LogP contribution is 2.21. The number of nitrogens with one attached hydrogen (secondary N) is 1. The molecule has 1 aliphatic heterocycles. The largest absolute Gasteiger partial charge is 0.338 e. The van der Waals surface area contributed by atoms with Crippen molar-refractivity contribution < 1.29 is 0 Å². The van der Waals surface area contributed by atoms with E-state index in [4.69, 9.17) is 22.1 Å². The van der Waals surface area contributed by atoms with E-state index in [0.717, 1.165) is 11.3 Å². The van der Waals surface area contributed by atoms with E-state index in [0.29, 0.717) is 16.7 Å². The maximum atomic E-state index is 9.16. The normalized spacial score (nSPS) is 12.7. The zero-order valence-corrected chi connectivity index (χ0v) is 13.1. The Labute approximate surface area is 143 Å². The number of rotatable bonds is 2. The molecule has 1 heterocycles. The number of allylic oxidation sites excluding steroid dienone is 1. The summed E-state index contributed by atoms with van der Waals surface area (Å²) < 4.78 is 0. The van der Waals surface area contributed by atoms with Crippen molar-refractivity contribution >= 4 is 29.0 Å². The molecule has 0 saturated heterocycles. The summed E-state index contributed by atoms with van der Waals surface area (Å²) in [5.41, 5.74) is 1.67. The molecule has 0 radical (unpaired) electrons. The van der Waals surface area contributed by atoms with Crippen molar-refractivity contribution in [3.63, 3.8) is 0 Å². The van der Waals surface area contributed by atoms with Crippen LogP contribution in [0.4, 0.5) is 5.69 Å². The highest BCUT2D eigenvalue weighted by molar-refractivity contribution is 6.30. The Kier molecular flexibility index (Phi) is 4.38. The molecule has 0 fully saturated rings. The van der Waals surface area contributed by atoms with Crippen molar-refractivity contribution in [3.8, 4) is 12.1 Å². The summed E-state index contributed by atoms with van der Waals surface area (Å²) in [5.74, 6) is 0.805. The number of amidine groups is 2. The molecule has 0 spiro atoms. The summed E-state index contributed by atoms with van der Waals surface area (Å²) in [5, 5.41) is 22.0. The van der Waals surface area contributed by atoms with E-state index in [1.54, 1.807) is 24.3 Å². The number of anilines is 1. The Balaban J connectivity index is 2.02. The van der Waals surface area contributed by atoms with Gasteiger partial charge in [-0.25, -0.2) is 9.98 Å². The predicted octanol–water partition coefficient (Wildman–Crippen LogP) is 3.91. The lowest BCUT2D eigenvalue weighted by Crippen LogP contribution is -2.13. The Morgan fingerprint density at radius 2 is 1.58 bits per heavy atom. The lowest BCUT2D eigenvalue weighted by atomic mass is 10.2. The van der Waals surface area contributed by atoms with Crippen LogP contribution in [0.5, 0.6) is 0 Å². The molecule has 2 aromatic rings. The zero-order chi connectivity index (χ0) is 16.9. The zero-order valence-electron chi connectivity index (χ0n) is 12.4. The molecular weight excluding hydrogens is 322 g/mol. The molecule has 0 amide bonds. The fourth-order valence-corrected chi connectivity index (χ4v) is 2.25. The molecule has 2 aromatic carbocycles. The van der Waals surface area contributed by atoms with Crippen LogP contribution in [-0.2, 0) is 0 Å². The smallest absolute Gasteiger partial charge is 0.162 e. The van der Waals surface area contributed by atoms with Crippen molar-refractivity contribution in [1.29, 1.82) is 10.5 Å². The Morgan fingerprint density at radius 3 is 2.21 bits per heavy atom. The average Bonchev–Trinajstić information content (AvgIpc) is 3.03. The van der Waals surface area contributed by atoms with Crippen LogP contribution in [-0.4, -0.2) is 11.7 Å². The maximum Gasteiger partial charge on any atom is 0.162 e. The molecule has 6 heteroatoms. The fraction of sp³-hybridized carbons (Fsp3) is 0. The van der Waals surface area contributed by atoms with Gasteiger partial charge in [-0.2, -0.15) is 10.5 Å². The monoisotopic (exact) mass is 331 g/mol. The Morgan fingerprint density at radius 1 is 0.917 bits per heavy atom. The third kappa shape index (κ3) is 3.17. The molecule has 0 aliphatic carbocycles. The van der Waals surface area contributed by atoms with Crippen molar-refractivity contribution in [2.24, 2.45) is 9.98 Å². The second-order valence-corrected chi connectivity index (χ2v) is 5.28. The first-order valence-electron chi connectivity index (χ1n) is 7.01. The van der Waals surface area contributed by atoms with Gasteiger partial charge in [0, 0.05) is 16.3 Å². The van der Waals surface area contributed by atoms with Crippen molar-refractivity contribution in [2.45, 2.75) is 0 Å². The lowest BCUT2D eigenvalue weighted by Gasteiger charge is -2.06. The first-order chi connectivity index (χ1) is 11.7. The minimum Gasteiger partial charge on any atom is -0.338 e. The summed E-state index contributed by atoms with van der Waals surface area (Å²) in [4.78, 5) is 8.79. The topological polar surface area (TPSA) is 84.3 Å². The Bertz CT molecular complexity index is 926. The summed E-state index contributed by atoms with van der Waals surface area (Å²) in [7, 11) is 0. The van der Waals surface area contributed by atoms with Crippen LogP contribution in [0.2, 0.25) is 5.02 Å². The van der Waals surface area contributed by atoms with Gasteiger partial charge in [-0.05, 0) is 24.3 Å². The van der Waals surface area contributed by atoms with Crippen LogP contribution >= 0.6 is 11.6 Å². The van der Waals surface area contributed by atoms with E-state index in [2.05, 4.69) is 15.3 Å². The maximum absolute atomic E-state index is 9.16. The summed E-state index contributed by atoms with van der Waals surface area (Å²) in [6, 6.07) is 20.1. The second kappa shape index (κ2) is 6.78. The standard InChI is InChI=1S/C18H10ClN5/c19-14-6-8-15(9-7-14)22-18-16(13(10-20)11-21)23-17(24-18)12-4-2-1-3-5-12/h1-9H,(H,22,23,24). The van der Waals surface area contributed by atoms with E-state index in [1.165, 1.54) is 0 Å². The molecule has 1 aliphatic rings. The van der Waals surface area contributed by atoms with E-state index < -0.39 is 0 Å². The number of nitriles is 2. The number of halogens is 1. The van der Waals surface area contributed by atoms with E-state index >= 15 is 0 Å². The van der Waals surface area contributed by atoms with Crippen LogP contribution in [0.25, 0.3) is 0 Å². The molecule has 114 valence electrons. The van der Waals surface area contributed by atoms with Crippen LogP contribution < -0.4 is 5.32 Å². The molecule has 0 unspecified atom stereocenters. The Hall–Kier alpha value is -3.41. The minimum atomic E-state index is -0.0962. The third-order valence-electron chi connectivity index (χ3n) is 3.26. The van der Waals surface area contributed by atoms with Gasteiger partial charge in [0.25, 0.3) is 0 Å². The van der Waals surface area contributed by atoms with Crippen molar-refractivity contribution in [1.82, 2.24) is 0 Å². The van der Waals surface area contributed by atoms with E-state index in [-0.39, 0.29) is 11.3 Å². The van der Waals surface area contributed by atoms with Gasteiger partial charge in [0.1, 0.15) is 17.8 Å². The highest BCUT2D eigenvalue weighted by atomic mass is 35.5. The van der Waals surface area contributed by atoms with Gasteiger partial charge >= 0.3 is 0 Å². The van der Waals surface area contributed by atoms with Crippen molar-refractivity contribution in [3.05, 3.63) is 76.5 Å². The summed E-state index contributed by atoms with van der Waals surface area (Å²) >= 11 is 5.88. The predicted molar refractivity (Wildman–Crippen MR) is 93.7 cm³/mol. The van der Waals surface area contributed by atoms with Gasteiger partial charge in [-0.15, -0.1) is 0 Å². The van der Waals surface area contributed by atoms with Crippen LogP contribution in [0.1, 0.15) is 5.56 Å². The molecule has 0 aromatic heterocycles. The third-order valence-corrected chi connectivity index (χ3v) is 3.51. The van der Waals surface area contributed by atoms with Crippen LogP contribution in [0.3, 0.4) is 0 Å². The van der Waals surface area contributed by atoms with Gasteiger partial charge in [0.05, 0.1) is 0 Å². The van der Waals surface area contributed by atoms with Gasteiger partial charge in [-0.3, -0.25) is 0 Å². The van der Waals surface area contributed by atoms with Gasteiger partial charge in [-0.1, -0.05) is 41.9 Å². The number of hydrogen-bond donors (Lipinski definition) is 1. The molecular formula is C18H10ClN5. The first kappa shape index (κ1) is 15.5. The molecule has 5 nitrogen and oxygen atoms in total. The average molecular weight is 332 g/mol. The number of aliphatic imine (C=N–C) groups is 2. The quantitative estimate of drug-likeness (QED) is 0.846. The van der Waals surface area contributed by atoms with Crippen LogP contribution in [0.15, 0.2) is 75.9 Å². The molecule has 0 atom stereocenters.